The molecule has 1 aromatic heterocycles. The normalized spacial score (nSPS) is 12.2. The van der Waals surface area contributed by atoms with Gasteiger partial charge in [0, 0.05) is 11.8 Å². The molecule has 0 N–H and O–H groups in total. The second-order valence-corrected chi connectivity index (χ2v) is 5.16. The van der Waals surface area contributed by atoms with Gasteiger partial charge < -0.3 is 0 Å². The lowest BCUT2D eigenvalue weighted by molar-refractivity contribution is -0.137. The van der Waals surface area contributed by atoms with E-state index in [9.17, 15) is 18.0 Å². The van der Waals surface area contributed by atoms with Gasteiger partial charge in [0.1, 0.15) is 0 Å². The highest BCUT2D eigenvalue weighted by atomic mass is 19.4. The first-order valence-electron chi connectivity index (χ1n) is 7.30. The van der Waals surface area contributed by atoms with Crippen LogP contribution in [0.15, 0.2) is 78.0 Å². The SMILES string of the molecule is O=C(/N=c1\ccn(-c2ccccc2)nc1)c1cccc(C(F)(F)F)c1. The molecule has 0 atom stereocenters. The molecule has 0 radical (unpaired) electrons. The van der Waals surface area contributed by atoms with Crippen molar-refractivity contribution in [2.75, 3.05) is 0 Å². The highest BCUT2D eigenvalue weighted by molar-refractivity contribution is 5.95. The van der Waals surface area contributed by atoms with Crippen molar-refractivity contribution in [3.05, 3.63) is 89.5 Å². The van der Waals surface area contributed by atoms with Crippen LogP contribution in [0.3, 0.4) is 0 Å². The fourth-order valence-corrected chi connectivity index (χ4v) is 2.16. The smallest absolute Gasteiger partial charge is 0.267 e. The number of hydrogen-bond acceptors (Lipinski definition) is 2. The van der Waals surface area contributed by atoms with Crippen molar-refractivity contribution in [3.8, 4) is 5.69 Å². The molecular formula is C18H12F3N3O. The minimum Gasteiger partial charge on any atom is -0.267 e. The zero-order valence-electron chi connectivity index (χ0n) is 12.8. The maximum atomic E-state index is 12.7. The molecule has 0 aliphatic carbocycles. The van der Waals surface area contributed by atoms with Crippen LogP contribution in [0.2, 0.25) is 0 Å². The van der Waals surface area contributed by atoms with Crippen molar-refractivity contribution in [1.82, 2.24) is 9.78 Å². The molecule has 7 heteroatoms. The van der Waals surface area contributed by atoms with Crippen LogP contribution in [-0.2, 0) is 6.18 Å². The summed E-state index contributed by atoms with van der Waals surface area (Å²) < 4.78 is 39.7. The Hall–Kier alpha value is -3.22. The second-order valence-electron chi connectivity index (χ2n) is 5.16. The fourth-order valence-electron chi connectivity index (χ4n) is 2.16. The third-order valence-electron chi connectivity index (χ3n) is 3.39. The summed E-state index contributed by atoms with van der Waals surface area (Å²) in [6, 6.07) is 15.0. The number of alkyl halides is 3. The number of rotatable bonds is 2. The Labute approximate surface area is 140 Å². The lowest BCUT2D eigenvalue weighted by Gasteiger charge is -2.06. The molecular weight excluding hydrogens is 331 g/mol. The molecule has 126 valence electrons. The van der Waals surface area contributed by atoms with Gasteiger partial charge in [0.15, 0.2) is 0 Å². The van der Waals surface area contributed by atoms with E-state index in [2.05, 4.69) is 10.1 Å². The summed E-state index contributed by atoms with van der Waals surface area (Å²) in [5.74, 6) is -0.759. The van der Waals surface area contributed by atoms with Gasteiger partial charge in [0.2, 0.25) is 0 Å². The van der Waals surface area contributed by atoms with E-state index in [4.69, 9.17) is 0 Å². The highest BCUT2D eigenvalue weighted by Gasteiger charge is 2.30. The molecule has 0 bridgehead atoms. The van der Waals surface area contributed by atoms with Gasteiger partial charge in [-0.1, -0.05) is 24.3 Å². The minimum absolute atomic E-state index is 0.130. The highest BCUT2D eigenvalue weighted by Crippen LogP contribution is 2.29. The van der Waals surface area contributed by atoms with E-state index in [1.165, 1.54) is 18.3 Å². The summed E-state index contributed by atoms with van der Waals surface area (Å²) in [4.78, 5) is 15.9. The van der Waals surface area contributed by atoms with E-state index in [0.717, 1.165) is 17.8 Å². The largest absolute Gasteiger partial charge is 0.416 e. The van der Waals surface area contributed by atoms with Crippen LogP contribution in [-0.4, -0.2) is 15.7 Å². The first-order chi connectivity index (χ1) is 11.9. The van der Waals surface area contributed by atoms with E-state index >= 15 is 0 Å². The topological polar surface area (TPSA) is 47.2 Å². The predicted molar refractivity (Wildman–Crippen MR) is 84.9 cm³/mol. The van der Waals surface area contributed by atoms with Gasteiger partial charge in [-0.3, -0.25) is 4.79 Å². The number of nitrogens with zero attached hydrogens (tertiary/aromatic N) is 3. The molecule has 0 aliphatic rings. The third-order valence-corrected chi connectivity index (χ3v) is 3.39. The monoisotopic (exact) mass is 343 g/mol. The molecule has 0 spiro atoms. The summed E-state index contributed by atoms with van der Waals surface area (Å²) in [5, 5.41) is 4.40. The number of benzene rings is 2. The Balaban J connectivity index is 1.87. The van der Waals surface area contributed by atoms with Gasteiger partial charge in [0.05, 0.1) is 22.8 Å². The van der Waals surface area contributed by atoms with Gasteiger partial charge in [-0.25, -0.2) is 9.67 Å². The quantitative estimate of drug-likeness (QED) is 0.713. The van der Waals surface area contributed by atoms with Crippen molar-refractivity contribution < 1.29 is 18.0 Å². The average molecular weight is 343 g/mol. The molecule has 25 heavy (non-hydrogen) atoms. The molecule has 1 amide bonds. The van der Waals surface area contributed by atoms with Crippen LogP contribution in [0, 0.1) is 0 Å². The number of hydrogen-bond donors (Lipinski definition) is 0. The number of aromatic nitrogens is 2. The Kier molecular flexibility index (Phi) is 4.47. The van der Waals surface area contributed by atoms with Crippen molar-refractivity contribution in [2.24, 2.45) is 4.99 Å². The molecule has 2 aromatic carbocycles. The molecule has 3 aromatic rings. The number of carbonyl (C=O) groups is 1. The van der Waals surface area contributed by atoms with Crippen LogP contribution in [0.1, 0.15) is 15.9 Å². The Morgan fingerprint density at radius 3 is 2.40 bits per heavy atom. The van der Waals surface area contributed by atoms with E-state index in [-0.39, 0.29) is 10.9 Å². The molecule has 0 fully saturated rings. The number of halogens is 3. The third kappa shape index (κ3) is 4.00. The minimum atomic E-state index is -4.51. The summed E-state index contributed by atoms with van der Waals surface area (Å²) in [7, 11) is 0. The Bertz CT molecular complexity index is 943. The second kappa shape index (κ2) is 6.72. The van der Waals surface area contributed by atoms with E-state index in [1.54, 1.807) is 16.9 Å². The zero-order valence-corrected chi connectivity index (χ0v) is 12.8. The Morgan fingerprint density at radius 2 is 1.76 bits per heavy atom. The molecule has 4 nitrogen and oxygen atoms in total. The van der Waals surface area contributed by atoms with Gasteiger partial charge in [-0.2, -0.15) is 18.3 Å². The lowest BCUT2D eigenvalue weighted by Crippen LogP contribution is -2.12. The standard InChI is InChI=1S/C18H12F3N3O/c19-18(20,21)14-6-4-5-13(11-14)17(25)23-15-9-10-24(22-12-15)16-7-2-1-3-8-16/h1-12H/b23-15+. The van der Waals surface area contributed by atoms with Gasteiger partial charge >= 0.3 is 6.18 Å². The van der Waals surface area contributed by atoms with Gasteiger partial charge in [-0.05, 0) is 36.4 Å². The first-order valence-corrected chi connectivity index (χ1v) is 7.30. The van der Waals surface area contributed by atoms with Crippen molar-refractivity contribution in [3.63, 3.8) is 0 Å². The lowest BCUT2D eigenvalue weighted by atomic mass is 10.1. The molecule has 0 unspecified atom stereocenters. The maximum Gasteiger partial charge on any atom is 0.416 e. The molecule has 3 rings (SSSR count). The average Bonchev–Trinajstić information content (AvgIpc) is 2.62. The van der Waals surface area contributed by atoms with Crippen molar-refractivity contribution in [1.29, 1.82) is 0 Å². The summed E-state index contributed by atoms with van der Waals surface area (Å²) >= 11 is 0. The van der Waals surface area contributed by atoms with Crippen molar-refractivity contribution >= 4 is 5.91 Å². The van der Waals surface area contributed by atoms with Crippen LogP contribution in [0.5, 0.6) is 0 Å². The number of amides is 1. The van der Waals surface area contributed by atoms with Crippen molar-refractivity contribution in [2.45, 2.75) is 6.18 Å². The van der Waals surface area contributed by atoms with Crippen LogP contribution < -0.4 is 5.36 Å². The first kappa shape index (κ1) is 16.6. The maximum absolute atomic E-state index is 12.7. The summed E-state index contributed by atoms with van der Waals surface area (Å²) in [5.41, 5.74) is -0.186. The zero-order chi connectivity index (χ0) is 17.9. The summed E-state index contributed by atoms with van der Waals surface area (Å²) in [6.07, 6.45) is -1.52. The number of para-hydroxylation sites is 1. The van der Waals surface area contributed by atoms with Crippen LogP contribution in [0.4, 0.5) is 13.2 Å². The molecule has 0 saturated carbocycles. The molecule has 0 aliphatic heterocycles. The van der Waals surface area contributed by atoms with Gasteiger partial charge in [-0.15, -0.1) is 0 Å². The Morgan fingerprint density at radius 1 is 1.00 bits per heavy atom. The summed E-state index contributed by atoms with van der Waals surface area (Å²) in [6.45, 7) is 0. The van der Waals surface area contributed by atoms with E-state index < -0.39 is 17.6 Å². The van der Waals surface area contributed by atoms with E-state index in [0.29, 0.717) is 0 Å². The number of carbonyl (C=O) groups excluding carboxylic acids is 1. The fraction of sp³-hybridized carbons (Fsp3) is 0.0556. The predicted octanol–water partition coefficient (Wildman–Crippen LogP) is 3.63. The van der Waals surface area contributed by atoms with Crippen LogP contribution in [0.25, 0.3) is 5.69 Å². The molecule has 1 heterocycles. The van der Waals surface area contributed by atoms with Gasteiger partial charge in [0.25, 0.3) is 5.91 Å². The van der Waals surface area contributed by atoms with Crippen LogP contribution >= 0.6 is 0 Å². The molecule has 0 saturated heterocycles. The van der Waals surface area contributed by atoms with E-state index in [1.807, 2.05) is 30.3 Å².